The molecule has 0 saturated carbocycles. The van der Waals surface area contributed by atoms with E-state index in [2.05, 4.69) is 38.2 Å². The molecule has 2 amide bonds. The number of anilines is 2. The third-order valence-electron chi connectivity index (χ3n) is 4.81. The van der Waals surface area contributed by atoms with Crippen molar-refractivity contribution in [2.45, 2.75) is 51.3 Å². The van der Waals surface area contributed by atoms with E-state index in [1.54, 1.807) is 11.8 Å². The van der Waals surface area contributed by atoms with Crippen molar-refractivity contribution < 1.29 is 9.59 Å². The SMILES string of the molecule is CCCC(=O)Nc1cccc([C@H]2SCC(=O)N2c2ccc(C(C)(C)C)cc2)c1. The molecule has 1 fully saturated rings. The zero-order valence-corrected chi connectivity index (χ0v) is 17.8. The molecule has 1 saturated heterocycles. The minimum atomic E-state index is -0.0870. The van der Waals surface area contributed by atoms with E-state index in [0.29, 0.717) is 12.2 Å². The summed E-state index contributed by atoms with van der Waals surface area (Å²) in [6.45, 7) is 8.53. The average Bonchev–Trinajstić information content (AvgIpc) is 3.03. The lowest BCUT2D eigenvalue weighted by molar-refractivity contribution is -0.116. The number of rotatable bonds is 5. The fourth-order valence-corrected chi connectivity index (χ4v) is 4.46. The maximum atomic E-state index is 12.6. The zero-order chi connectivity index (χ0) is 20.3. The number of amides is 2. The first kappa shape index (κ1) is 20.5. The summed E-state index contributed by atoms with van der Waals surface area (Å²) in [5.74, 6) is 0.585. The largest absolute Gasteiger partial charge is 0.326 e. The van der Waals surface area contributed by atoms with Gasteiger partial charge in [0.05, 0.1) is 5.75 Å². The van der Waals surface area contributed by atoms with Crippen molar-refractivity contribution in [3.63, 3.8) is 0 Å². The van der Waals surface area contributed by atoms with Crippen LogP contribution in [0.2, 0.25) is 0 Å². The van der Waals surface area contributed by atoms with E-state index < -0.39 is 0 Å². The van der Waals surface area contributed by atoms with E-state index in [4.69, 9.17) is 0 Å². The van der Waals surface area contributed by atoms with E-state index in [-0.39, 0.29) is 22.6 Å². The highest BCUT2D eigenvalue weighted by molar-refractivity contribution is 8.00. The van der Waals surface area contributed by atoms with Gasteiger partial charge in [-0.3, -0.25) is 14.5 Å². The molecular formula is C23H28N2O2S. The van der Waals surface area contributed by atoms with E-state index in [9.17, 15) is 9.59 Å². The molecule has 0 bridgehead atoms. The lowest BCUT2D eigenvalue weighted by Gasteiger charge is -2.26. The van der Waals surface area contributed by atoms with Crippen LogP contribution in [0.1, 0.15) is 57.0 Å². The molecule has 4 nitrogen and oxygen atoms in total. The number of hydrogen-bond acceptors (Lipinski definition) is 3. The Morgan fingerprint density at radius 2 is 1.89 bits per heavy atom. The summed E-state index contributed by atoms with van der Waals surface area (Å²) in [6, 6.07) is 16.1. The van der Waals surface area contributed by atoms with Crippen LogP contribution < -0.4 is 10.2 Å². The van der Waals surface area contributed by atoms with Crippen LogP contribution in [0, 0.1) is 0 Å². The molecule has 1 aliphatic rings. The second kappa shape index (κ2) is 8.39. The molecule has 1 N–H and O–H groups in total. The Labute approximate surface area is 171 Å². The Hall–Kier alpha value is -2.27. The van der Waals surface area contributed by atoms with Crippen molar-refractivity contribution in [1.82, 2.24) is 0 Å². The molecule has 1 heterocycles. The molecule has 28 heavy (non-hydrogen) atoms. The summed E-state index contributed by atoms with van der Waals surface area (Å²) in [5.41, 5.74) is 4.03. The molecule has 0 radical (unpaired) electrons. The van der Waals surface area contributed by atoms with Crippen LogP contribution in [0.3, 0.4) is 0 Å². The van der Waals surface area contributed by atoms with Gasteiger partial charge in [0.2, 0.25) is 11.8 Å². The van der Waals surface area contributed by atoms with Crippen LogP contribution >= 0.6 is 11.8 Å². The van der Waals surface area contributed by atoms with Crippen LogP contribution in [0.5, 0.6) is 0 Å². The van der Waals surface area contributed by atoms with E-state index >= 15 is 0 Å². The third kappa shape index (κ3) is 4.58. The van der Waals surface area contributed by atoms with Gasteiger partial charge in [-0.05, 0) is 47.2 Å². The van der Waals surface area contributed by atoms with Gasteiger partial charge in [0.15, 0.2) is 0 Å². The molecule has 3 rings (SSSR count). The van der Waals surface area contributed by atoms with Gasteiger partial charge >= 0.3 is 0 Å². The molecule has 0 aliphatic carbocycles. The van der Waals surface area contributed by atoms with Crippen LogP contribution in [0.15, 0.2) is 48.5 Å². The Bertz CT molecular complexity index is 856. The monoisotopic (exact) mass is 396 g/mol. The number of nitrogens with one attached hydrogen (secondary N) is 1. The van der Waals surface area contributed by atoms with Crippen molar-refractivity contribution in [1.29, 1.82) is 0 Å². The minimum Gasteiger partial charge on any atom is -0.326 e. The first-order valence-electron chi connectivity index (χ1n) is 9.73. The highest BCUT2D eigenvalue weighted by Crippen LogP contribution is 2.42. The van der Waals surface area contributed by atoms with Crippen molar-refractivity contribution in [3.8, 4) is 0 Å². The summed E-state index contributed by atoms with van der Waals surface area (Å²) in [6.07, 6.45) is 1.32. The Morgan fingerprint density at radius 1 is 1.18 bits per heavy atom. The van der Waals surface area contributed by atoms with Crippen molar-refractivity contribution in [2.75, 3.05) is 16.0 Å². The standard InChI is InChI=1S/C23H28N2O2S/c1-5-7-20(26)24-18-9-6-8-16(14-18)22-25(21(27)15-28-22)19-12-10-17(11-13-19)23(2,3)4/h6,8-14,22H,5,7,15H2,1-4H3,(H,24,26)/t22-/m1/s1. The minimum absolute atomic E-state index is 0.0180. The van der Waals surface area contributed by atoms with Crippen molar-refractivity contribution in [3.05, 3.63) is 59.7 Å². The molecule has 1 aliphatic heterocycles. The first-order chi connectivity index (χ1) is 13.3. The van der Waals surface area contributed by atoms with E-state index in [1.807, 2.05) is 48.2 Å². The molecule has 0 unspecified atom stereocenters. The normalized spacial score (nSPS) is 17.1. The van der Waals surface area contributed by atoms with Crippen LogP contribution in [-0.4, -0.2) is 17.6 Å². The van der Waals surface area contributed by atoms with Gasteiger partial charge in [-0.2, -0.15) is 0 Å². The van der Waals surface area contributed by atoms with Gasteiger partial charge in [0.25, 0.3) is 0 Å². The Balaban J connectivity index is 1.85. The number of hydrogen-bond donors (Lipinski definition) is 1. The van der Waals surface area contributed by atoms with Gasteiger partial charge < -0.3 is 5.32 Å². The quantitative estimate of drug-likeness (QED) is 0.726. The summed E-state index contributed by atoms with van der Waals surface area (Å²) < 4.78 is 0. The lowest BCUT2D eigenvalue weighted by Crippen LogP contribution is -2.28. The van der Waals surface area contributed by atoms with Gasteiger partial charge in [-0.15, -0.1) is 11.8 Å². The Kier molecular flexibility index (Phi) is 6.14. The van der Waals surface area contributed by atoms with Gasteiger partial charge in [-0.25, -0.2) is 0 Å². The maximum absolute atomic E-state index is 12.6. The van der Waals surface area contributed by atoms with Crippen LogP contribution in [0.4, 0.5) is 11.4 Å². The predicted octanol–water partition coefficient (Wildman–Crippen LogP) is 5.50. The van der Waals surface area contributed by atoms with E-state index in [1.165, 1.54) is 5.56 Å². The second-order valence-corrected chi connectivity index (χ2v) is 9.22. The molecule has 0 aromatic heterocycles. The fraction of sp³-hybridized carbons (Fsp3) is 0.391. The van der Waals surface area contributed by atoms with E-state index in [0.717, 1.165) is 23.4 Å². The summed E-state index contributed by atoms with van der Waals surface area (Å²) in [4.78, 5) is 26.4. The van der Waals surface area contributed by atoms with Gasteiger partial charge in [-0.1, -0.05) is 52.0 Å². The molecule has 5 heteroatoms. The second-order valence-electron chi connectivity index (χ2n) is 8.15. The van der Waals surface area contributed by atoms with Gasteiger partial charge in [0.1, 0.15) is 5.37 Å². The number of carbonyl (C=O) groups excluding carboxylic acids is 2. The van der Waals surface area contributed by atoms with Crippen molar-refractivity contribution in [2.24, 2.45) is 0 Å². The number of thioether (sulfide) groups is 1. The first-order valence-corrected chi connectivity index (χ1v) is 10.8. The number of benzene rings is 2. The Morgan fingerprint density at radius 3 is 2.54 bits per heavy atom. The summed E-state index contributed by atoms with van der Waals surface area (Å²) in [5, 5.41) is 2.86. The highest BCUT2D eigenvalue weighted by Gasteiger charge is 2.34. The van der Waals surface area contributed by atoms with Crippen molar-refractivity contribution >= 4 is 35.0 Å². The van der Waals surface area contributed by atoms with Gasteiger partial charge in [0, 0.05) is 17.8 Å². The molecule has 148 valence electrons. The maximum Gasteiger partial charge on any atom is 0.238 e. The van der Waals surface area contributed by atoms with Crippen LogP contribution in [0.25, 0.3) is 0 Å². The fourth-order valence-electron chi connectivity index (χ4n) is 3.29. The molecule has 2 aromatic rings. The van der Waals surface area contributed by atoms with Crippen LogP contribution in [-0.2, 0) is 15.0 Å². The molecule has 0 spiro atoms. The average molecular weight is 397 g/mol. The number of carbonyl (C=O) groups is 2. The predicted molar refractivity (Wildman–Crippen MR) is 118 cm³/mol. The molecule has 2 aromatic carbocycles. The smallest absolute Gasteiger partial charge is 0.238 e. The summed E-state index contributed by atoms with van der Waals surface area (Å²) in [7, 11) is 0. The highest BCUT2D eigenvalue weighted by atomic mass is 32.2. The number of nitrogens with zero attached hydrogens (tertiary/aromatic N) is 1. The molecule has 1 atom stereocenters. The molecular weight excluding hydrogens is 368 g/mol. The third-order valence-corrected chi connectivity index (χ3v) is 6.02. The zero-order valence-electron chi connectivity index (χ0n) is 17.0. The topological polar surface area (TPSA) is 49.4 Å². The lowest BCUT2D eigenvalue weighted by atomic mass is 9.87. The summed E-state index contributed by atoms with van der Waals surface area (Å²) >= 11 is 1.62.